The van der Waals surface area contributed by atoms with Gasteiger partial charge in [0.15, 0.2) is 5.79 Å². The number of aromatic nitrogens is 1. The van der Waals surface area contributed by atoms with E-state index in [0.29, 0.717) is 26.2 Å². The average molecular weight is 384 g/mol. The SMILES string of the molecule is O=C1CCN(c2cccc3c2ccn3C2COC3(CCNCC3)OC2)C(=O)N1. The molecule has 0 aliphatic carbocycles. The van der Waals surface area contributed by atoms with Crippen molar-refractivity contribution in [1.82, 2.24) is 15.2 Å². The Kier molecular flexibility index (Phi) is 4.34. The van der Waals surface area contributed by atoms with E-state index in [9.17, 15) is 9.59 Å². The molecule has 4 heterocycles. The van der Waals surface area contributed by atoms with Gasteiger partial charge in [-0.05, 0) is 18.2 Å². The van der Waals surface area contributed by atoms with Crippen LogP contribution in [0, 0.1) is 0 Å². The van der Waals surface area contributed by atoms with Crippen LogP contribution in [0.25, 0.3) is 10.9 Å². The van der Waals surface area contributed by atoms with Crippen LogP contribution in [-0.2, 0) is 14.3 Å². The minimum atomic E-state index is -0.436. The fraction of sp³-hybridized carbons (Fsp3) is 0.500. The first-order valence-corrected chi connectivity index (χ1v) is 9.85. The van der Waals surface area contributed by atoms with Gasteiger partial charge in [-0.25, -0.2) is 4.79 Å². The predicted octanol–water partition coefficient (Wildman–Crippen LogP) is 1.76. The van der Waals surface area contributed by atoms with E-state index in [1.165, 1.54) is 0 Å². The summed E-state index contributed by atoms with van der Waals surface area (Å²) in [5.74, 6) is -0.664. The number of benzene rings is 1. The van der Waals surface area contributed by atoms with Crippen LogP contribution in [0.5, 0.6) is 0 Å². The van der Waals surface area contributed by atoms with Gasteiger partial charge in [0.1, 0.15) is 0 Å². The predicted molar refractivity (Wildman–Crippen MR) is 103 cm³/mol. The van der Waals surface area contributed by atoms with Gasteiger partial charge in [-0.15, -0.1) is 0 Å². The third-order valence-corrected chi connectivity index (χ3v) is 5.92. The normalized spacial score (nSPS) is 23.4. The molecule has 2 aromatic rings. The third kappa shape index (κ3) is 2.97. The number of carbonyl (C=O) groups is 2. The Morgan fingerprint density at radius 1 is 1.07 bits per heavy atom. The van der Waals surface area contributed by atoms with Crippen LogP contribution in [0.2, 0.25) is 0 Å². The van der Waals surface area contributed by atoms with Crippen LogP contribution in [0.4, 0.5) is 10.5 Å². The molecular formula is C20H24N4O4. The van der Waals surface area contributed by atoms with Crippen molar-refractivity contribution in [1.29, 1.82) is 0 Å². The van der Waals surface area contributed by atoms with Crippen LogP contribution in [-0.4, -0.2) is 55.1 Å². The summed E-state index contributed by atoms with van der Waals surface area (Å²) < 4.78 is 14.5. The Morgan fingerprint density at radius 2 is 1.86 bits per heavy atom. The summed E-state index contributed by atoms with van der Waals surface area (Å²) in [6, 6.07) is 7.64. The number of amides is 3. The molecule has 3 fully saturated rings. The number of anilines is 1. The number of hydrogen-bond acceptors (Lipinski definition) is 5. The lowest BCUT2D eigenvalue weighted by Gasteiger charge is -2.43. The summed E-state index contributed by atoms with van der Waals surface area (Å²) in [5, 5.41) is 6.71. The molecule has 3 amide bonds. The number of hydrogen-bond donors (Lipinski definition) is 2. The van der Waals surface area contributed by atoms with Crippen LogP contribution in [0.3, 0.4) is 0 Å². The van der Waals surface area contributed by atoms with Crippen molar-refractivity contribution in [3.8, 4) is 0 Å². The van der Waals surface area contributed by atoms with Gasteiger partial charge in [-0.1, -0.05) is 6.07 Å². The maximum Gasteiger partial charge on any atom is 0.328 e. The second kappa shape index (κ2) is 6.88. The molecule has 1 spiro atoms. The Labute approximate surface area is 162 Å². The molecule has 0 atom stereocenters. The number of rotatable bonds is 2. The lowest BCUT2D eigenvalue weighted by molar-refractivity contribution is -0.288. The standard InChI is InChI=1S/C20H24N4O4/c25-18-5-11-24(19(26)22-18)17-3-1-2-16-15(17)4-10-23(16)14-12-27-20(28-13-14)6-8-21-9-7-20/h1-4,10,14,21H,5-9,11-13H2,(H,22,25,26). The van der Waals surface area contributed by atoms with Crippen molar-refractivity contribution in [3.05, 3.63) is 30.5 Å². The first kappa shape index (κ1) is 17.7. The molecule has 0 saturated carbocycles. The van der Waals surface area contributed by atoms with Gasteiger partial charge in [0.2, 0.25) is 5.91 Å². The van der Waals surface area contributed by atoms with Crippen molar-refractivity contribution in [2.24, 2.45) is 0 Å². The van der Waals surface area contributed by atoms with Gasteiger partial charge in [0.05, 0.1) is 30.5 Å². The summed E-state index contributed by atoms with van der Waals surface area (Å²) in [7, 11) is 0. The third-order valence-electron chi connectivity index (χ3n) is 5.92. The van der Waals surface area contributed by atoms with Crippen molar-refractivity contribution >= 4 is 28.5 Å². The van der Waals surface area contributed by atoms with Gasteiger partial charge in [0.25, 0.3) is 0 Å². The van der Waals surface area contributed by atoms with E-state index in [1.54, 1.807) is 4.90 Å². The van der Waals surface area contributed by atoms with E-state index in [4.69, 9.17) is 9.47 Å². The maximum absolute atomic E-state index is 12.3. The van der Waals surface area contributed by atoms with E-state index in [2.05, 4.69) is 15.2 Å². The molecule has 0 radical (unpaired) electrons. The Hall–Kier alpha value is -2.42. The van der Waals surface area contributed by atoms with Gasteiger partial charge in [0, 0.05) is 50.5 Å². The van der Waals surface area contributed by atoms with Crippen LogP contribution in [0.1, 0.15) is 25.3 Å². The van der Waals surface area contributed by atoms with Gasteiger partial charge in [-0.3, -0.25) is 15.0 Å². The van der Waals surface area contributed by atoms with Crippen LogP contribution >= 0.6 is 0 Å². The van der Waals surface area contributed by atoms with Crippen molar-refractivity contribution in [2.45, 2.75) is 31.1 Å². The van der Waals surface area contributed by atoms with E-state index in [1.807, 2.05) is 30.5 Å². The molecule has 1 aromatic heterocycles. The molecule has 148 valence electrons. The van der Waals surface area contributed by atoms with E-state index in [-0.39, 0.29) is 18.0 Å². The zero-order valence-corrected chi connectivity index (χ0v) is 15.6. The smallest absolute Gasteiger partial charge is 0.328 e. The average Bonchev–Trinajstić information content (AvgIpc) is 3.14. The molecule has 0 bridgehead atoms. The number of fused-ring (bicyclic) bond motifs is 1. The lowest BCUT2D eigenvalue weighted by Crippen LogP contribution is -2.51. The van der Waals surface area contributed by atoms with Crippen LogP contribution in [0.15, 0.2) is 30.5 Å². The first-order chi connectivity index (χ1) is 13.7. The summed E-state index contributed by atoms with van der Waals surface area (Å²) in [5.41, 5.74) is 1.84. The summed E-state index contributed by atoms with van der Waals surface area (Å²) in [6.45, 7) is 3.43. The maximum atomic E-state index is 12.3. The summed E-state index contributed by atoms with van der Waals surface area (Å²) in [4.78, 5) is 25.4. The molecule has 5 rings (SSSR count). The largest absolute Gasteiger partial charge is 0.348 e. The molecule has 1 aromatic carbocycles. The minimum absolute atomic E-state index is 0.0880. The molecule has 2 N–H and O–H groups in total. The van der Waals surface area contributed by atoms with Crippen molar-refractivity contribution < 1.29 is 19.1 Å². The van der Waals surface area contributed by atoms with Gasteiger partial charge in [-0.2, -0.15) is 0 Å². The fourth-order valence-corrected chi connectivity index (χ4v) is 4.36. The van der Waals surface area contributed by atoms with Crippen LogP contribution < -0.4 is 15.5 Å². The first-order valence-electron chi connectivity index (χ1n) is 9.85. The number of ether oxygens (including phenoxy) is 2. The number of urea groups is 1. The zero-order valence-electron chi connectivity index (χ0n) is 15.6. The molecule has 28 heavy (non-hydrogen) atoms. The highest BCUT2D eigenvalue weighted by Gasteiger charge is 2.39. The van der Waals surface area contributed by atoms with Crippen molar-refractivity contribution in [2.75, 3.05) is 37.7 Å². The number of piperidine rings is 1. The van der Waals surface area contributed by atoms with Crippen molar-refractivity contribution in [3.63, 3.8) is 0 Å². The molecule has 3 saturated heterocycles. The molecule has 8 nitrogen and oxygen atoms in total. The Balaban J connectivity index is 1.40. The topological polar surface area (TPSA) is 84.8 Å². The fourth-order valence-electron chi connectivity index (χ4n) is 4.36. The van der Waals surface area contributed by atoms with E-state index >= 15 is 0 Å². The Bertz CT molecular complexity index is 908. The highest BCUT2D eigenvalue weighted by molar-refractivity contribution is 6.09. The lowest BCUT2D eigenvalue weighted by atomic mass is 10.0. The summed E-state index contributed by atoms with van der Waals surface area (Å²) >= 11 is 0. The summed E-state index contributed by atoms with van der Waals surface area (Å²) in [6.07, 6.45) is 4.08. The number of imide groups is 1. The zero-order chi connectivity index (χ0) is 19.1. The van der Waals surface area contributed by atoms with E-state index < -0.39 is 5.79 Å². The molecule has 3 aliphatic rings. The molecular weight excluding hydrogens is 360 g/mol. The second-order valence-corrected chi connectivity index (χ2v) is 7.62. The highest BCUT2D eigenvalue weighted by atomic mass is 16.7. The molecule has 0 unspecified atom stereocenters. The quantitative estimate of drug-likeness (QED) is 0.824. The highest BCUT2D eigenvalue weighted by Crippen LogP contribution is 2.35. The van der Waals surface area contributed by atoms with Gasteiger partial charge < -0.3 is 19.4 Å². The monoisotopic (exact) mass is 384 g/mol. The van der Waals surface area contributed by atoms with E-state index in [0.717, 1.165) is 42.5 Å². The molecule has 8 heteroatoms. The Morgan fingerprint density at radius 3 is 2.61 bits per heavy atom. The number of carbonyl (C=O) groups excluding carboxylic acids is 2. The second-order valence-electron chi connectivity index (χ2n) is 7.62. The number of nitrogens with zero attached hydrogens (tertiary/aromatic N) is 2. The number of nitrogens with one attached hydrogen (secondary N) is 2. The minimum Gasteiger partial charge on any atom is -0.348 e. The molecule has 3 aliphatic heterocycles. The van der Waals surface area contributed by atoms with Gasteiger partial charge >= 0.3 is 6.03 Å².